The smallest absolute Gasteiger partial charge is 0.191 e. The Labute approximate surface area is 156 Å². The van der Waals surface area contributed by atoms with Gasteiger partial charge in [-0.25, -0.2) is 0 Å². The van der Waals surface area contributed by atoms with Gasteiger partial charge in [0, 0.05) is 39.6 Å². The zero-order valence-corrected chi connectivity index (χ0v) is 16.7. The predicted octanol–water partition coefficient (Wildman–Crippen LogP) is 3.42. The fourth-order valence-electron chi connectivity index (χ4n) is 2.42. The highest BCUT2D eigenvalue weighted by Gasteiger charge is 2.07. The minimum absolute atomic E-state index is 0. The van der Waals surface area contributed by atoms with Crippen molar-refractivity contribution in [3.05, 3.63) is 59.4 Å². The minimum atomic E-state index is 0. The number of aromatic nitrogens is 1. The molecule has 1 atom stereocenters. The van der Waals surface area contributed by atoms with E-state index >= 15 is 0 Å². The lowest BCUT2D eigenvalue weighted by molar-refractivity contribution is 0.698. The van der Waals surface area contributed by atoms with Crippen LogP contribution in [0.3, 0.4) is 0 Å². The zero-order valence-electron chi connectivity index (χ0n) is 14.3. The first-order valence-electron chi connectivity index (χ1n) is 7.70. The molecule has 0 radical (unpaired) electrons. The van der Waals surface area contributed by atoms with Crippen molar-refractivity contribution in [3.63, 3.8) is 0 Å². The summed E-state index contributed by atoms with van der Waals surface area (Å²) in [6.07, 6.45) is 4.16. The Balaban J connectivity index is 0.00000264. The number of halogens is 1. The molecule has 0 aliphatic rings. The molecule has 1 unspecified atom stereocenters. The molecule has 23 heavy (non-hydrogen) atoms. The van der Waals surface area contributed by atoms with Crippen LogP contribution in [0, 0.1) is 6.92 Å². The van der Waals surface area contributed by atoms with E-state index in [9.17, 15) is 0 Å². The molecular formula is C18H27IN4. The van der Waals surface area contributed by atoms with Crippen LogP contribution in [-0.2, 0) is 13.6 Å². The number of aliphatic imine (C=N–C) groups is 1. The number of aryl methyl sites for hydroxylation is 2. The van der Waals surface area contributed by atoms with Gasteiger partial charge in [0.15, 0.2) is 5.96 Å². The van der Waals surface area contributed by atoms with Crippen molar-refractivity contribution < 1.29 is 0 Å². The van der Waals surface area contributed by atoms with Gasteiger partial charge in [-0.3, -0.25) is 4.99 Å². The van der Waals surface area contributed by atoms with Gasteiger partial charge in [0.1, 0.15) is 0 Å². The summed E-state index contributed by atoms with van der Waals surface area (Å²) in [5.41, 5.74) is 3.90. The second-order valence-corrected chi connectivity index (χ2v) is 5.81. The van der Waals surface area contributed by atoms with E-state index < -0.39 is 0 Å². The van der Waals surface area contributed by atoms with Crippen LogP contribution in [0.15, 0.2) is 47.7 Å². The average Bonchev–Trinajstić information content (AvgIpc) is 2.92. The van der Waals surface area contributed by atoms with Crippen molar-refractivity contribution in [2.24, 2.45) is 12.0 Å². The van der Waals surface area contributed by atoms with E-state index in [1.54, 1.807) is 7.05 Å². The Hall–Kier alpha value is -1.50. The van der Waals surface area contributed by atoms with Gasteiger partial charge >= 0.3 is 0 Å². The molecule has 4 nitrogen and oxygen atoms in total. The van der Waals surface area contributed by atoms with Crippen molar-refractivity contribution in [3.8, 4) is 0 Å². The molecule has 0 amide bonds. The van der Waals surface area contributed by atoms with Crippen LogP contribution < -0.4 is 10.6 Å². The zero-order chi connectivity index (χ0) is 15.9. The van der Waals surface area contributed by atoms with Crippen molar-refractivity contribution in [1.82, 2.24) is 15.2 Å². The largest absolute Gasteiger partial charge is 0.357 e. The molecule has 0 saturated heterocycles. The summed E-state index contributed by atoms with van der Waals surface area (Å²) in [6, 6.07) is 10.8. The van der Waals surface area contributed by atoms with Crippen LogP contribution in [0.2, 0.25) is 0 Å². The summed E-state index contributed by atoms with van der Waals surface area (Å²) in [5, 5.41) is 6.74. The second-order valence-electron chi connectivity index (χ2n) is 5.81. The van der Waals surface area contributed by atoms with Gasteiger partial charge in [0.05, 0.1) is 0 Å². The third-order valence-corrected chi connectivity index (χ3v) is 3.76. The minimum Gasteiger partial charge on any atom is -0.357 e. The van der Waals surface area contributed by atoms with Gasteiger partial charge < -0.3 is 15.2 Å². The molecule has 0 fully saturated rings. The third kappa shape index (κ3) is 6.25. The van der Waals surface area contributed by atoms with E-state index in [4.69, 9.17) is 0 Å². The number of nitrogens with one attached hydrogen (secondary N) is 2. The van der Waals surface area contributed by atoms with Gasteiger partial charge in [0.2, 0.25) is 0 Å². The number of guanidine groups is 1. The molecule has 126 valence electrons. The van der Waals surface area contributed by atoms with Gasteiger partial charge in [-0.15, -0.1) is 24.0 Å². The monoisotopic (exact) mass is 426 g/mol. The number of rotatable bonds is 5. The van der Waals surface area contributed by atoms with Crippen LogP contribution in [0.1, 0.15) is 29.5 Å². The van der Waals surface area contributed by atoms with Crippen LogP contribution in [0.4, 0.5) is 0 Å². The summed E-state index contributed by atoms with van der Waals surface area (Å²) in [4.78, 5) is 4.28. The first kappa shape index (κ1) is 19.5. The summed E-state index contributed by atoms with van der Waals surface area (Å²) in [5.74, 6) is 1.28. The van der Waals surface area contributed by atoms with E-state index in [0.29, 0.717) is 5.92 Å². The van der Waals surface area contributed by atoms with Gasteiger partial charge in [-0.1, -0.05) is 36.8 Å². The first-order valence-corrected chi connectivity index (χ1v) is 7.70. The maximum absolute atomic E-state index is 4.28. The number of hydrogen-bond donors (Lipinski definition) is 2. The van der Waals surface area contributed by atoms with E-state index in [1.807, 2.05) is 17.8 Å². The molecule has 2 rings (SSSR count). The SMILES string of the molecule is CN=C(NCc1ccn(C)c1)NCC(C)c1cccc(C)c1.I. The van der Waals surface area contributed by atoms with Gasteiger partial charge in [-0.05, 0) is 30.0 Å². The highest BCUT2D eigenvalue weighted by atomic mass is 127. The van der Waals surface area contributed by atoms with Crippen molar-refractivity contribution >= 4 is 29.9 Å². The predicted molar refractivity (Wildman–Crippen MR) is 109 cm³/mol. The van der Waals surface area contributed by atoms with Crippen LogP contribution >= 0.6 is 24.0 Å². The molecule has 1 heterocycles. The van der Waals surface area contributed by atoms with E-state index in [2.05, 4.69) is 66.0 Å². The number of hydrogen-bond acceptors (Lipinski definition) is 1. The molecule has 0 bridgehead atoms. The lowest BCUT2D eigenvalue weighted by atomic mass is 9.99. The lowest BCUT2D eigenvalue weighted by Gasteiger charge is -2.16. The highest BCUT2D eigenvalue weighted by molar-refractivity contribution is 14.0. The Morgan fingerprint density at radius 3 is 2.65 bits per heavy atom. The molecular weight excluding hydrogens is 399 g/mol. The second kappa shape index (κ2) is 9.60. The van der Waals surface area contributed by atoms with Crippen LogP contribution in [-0.4, -0.2) is 24.1 Å². The van der Waals surface area contributed by atoms with Gasteiger partial charge in [-0.2, -0.15) is 0 Å². The van der Waals surface area contributed by atoms with Gasteiger partial charge in [0.25, 0.3) is 0 Å². The molecule has 5 heteroatoms. The average molecular weight is 426 g/mol. The van der Waals surface area contributed by atoms with Crippen LogP contribution in [0.25, 0.3) is 0 Å². The summed E-state index contributed by atoms with van der Waals surface area (Å²) in [7, 11) is 3.83. The Morgan fingerprint density at radius 2 is 2.04 bits per heavy atom. The Morgan fingerprint density at radius 1 is 1.26 bits per heavy atom. The van der Waals surface area contributed by atoms with E-state index in [1.165, 1.54) is 16.7 Å². The molecule has 0 saturated carbocycles. The van der Waals surface area contributed by atoms with Crippen molar-refractivity contribution in [2.45, 2.75) is 26.3 Å². The first-order chi connectivity index (χ1) is 10.6. The third-order valence-electron chi connectivity index (χ3n) is 3.76. The summed E-state index contributed by atoms with van der Waals surface area (Å²) >= 11 is 0. The van der Waals surface area contributed by atoms with Crippen molar-refractivity contribution in [2.75, 3.05) is 13.6 Å². The normalized spacial score (nSPS) is 12.4. The number of nitrogens with zero attached hydrogens (tertiary/aromatic N) is 2. The Bertz CT molecular complexity index is 633. The Kier molecular flexibility index (Phi) is 8.16. The van der Waals surface area contributed by atoms with Crippen LogP contribution in [0.5, 0.6) is 0 Å². The van der Waals surface area contributed by atoms with E-state index in [0.717, 1.165) is 19.0 Å². The molecule has 1 aromatic heterocycles. The molecule has 2 aromatic rings. The quantitative estimate of drug-likeness (QED) is 0.437. The van der Waals surface area contributed by atoms with Crippen molar-refractivity contribution in [1.29, 1.82) is 0 Å². The standard InChI is InChI=1S/C18H26N4.HI/c1-14-6-5-7-17(10-14)15(2)11-20-18(19-3)21-12-16-8-9-22(4)13-16;/h5-10,13,15H,11-12H2,1-4H3,(H2,19,20,21);1H. The fraction of sp³-hybridized carbons (Fsp3) is 0.389. The lowest BCUT2D eigenvalue weighted by Crippen LogP contribution is -2.38. The maximum Gasteiger partial charge on any atom is 0.191 e. The number of benzene rings is 1. The summed E-state index contributed by atoms with van der Waals surface area (Å²) < 4.78 is 2.05. The molecule has 0 spiro atoms. The highest BCUT2D eigenvalue weighted by Crippen LogP contribution is 2.15. The topological polar surface area (TPSA) is 41.4 Å². The fourth-order valence-corrected chi connectivity index (χ4v) is 2.42. The maximum atomic E-state index is 4.28. The molecule has 0 aliphatic carbocycles. The summed E-state index contributed by atoms with van der Waals surface area (Å²) in [6.45, 7) is 5.99. The molecule has 0 aliphatic heterocycles. The van der Waals surface area contributed by atoms with E-state index in [-0.39, 0.29) is 24.0 Å². The molecule has 2 N–H and O–H groups in total. The molecule has 1 aromatic carbocycles.